The molecule has 1 fully saturated rings. The summed E-state index contributed by atoms with van der Waals surface area (Å²) in [4.78, 5) is 0. The van der Waals surface area contributed by atoms with Crippen LogP contribution in [0.2, 0.25) is 5.02 Å². The zero-order valence-electron chi connectivity index (χ0n) is 7.49. The van der Waals surface area contributed by atoms with Gasteiger partial charge in [0.1, 0.15) is 0 Å². The van der Waals surface area contributed by atoms with Gasteiger partial charge in [-0.1, -0.05) is 11.6 Å². The second-order valence-corrected chi connectivity index (χ2v) is 4.16. The fraction of sp³-hybridized carbons (Fsp3) is 0.667. The van der Waals surface area contributed by atoms with Gasteiger partial charge in [0.05, 0.1) is 17.3 Å². The Morgan fingerprint density at radius 2 is 2.38 bits per heavy atom. The van der Waals surface area contributed by atoms with Crippen LogP contribution in [0.15, 0.2) is 12.4 Å². The molecule has 0 saturated heterocycles. The van der Waals surface area contributed by atoms with Crippen molar-refractivity contribution in [2.45, 2.75) is 37.8 Å². The first-order valence-corrected chi connectivity index (χ1v) is 5.09. The lowest BCUT2D eigenvalue weighted by Gasteiger charge is -2.26. The summed E-state index contributed by atoms with van der Waals surface area (Å²) in [6, 6.07) is 0.790. The van der Waals surface area contributed by atoms with Gasteiger partial charge in [0.15, 0.2) is 0 Å². The van der Waals surface area contributed by atoms with E-state index in [0.29, 0.717) is 17.1 Å². The molecule has 0 radical (unpaired) electrons. The van der Waals surface area contributed by atoms with Crippen LogP contribution in [0.4, 0.5) is 0 Å². The molecule has 2 N–H and O–H groups in total. The van der Waals surface area contributed by atoms with E-state index in [-0.39, 0.29) is 0 Å². The number of halogens is 1. The van der Waals surface area contributed by atoms with Crippen molar-refractivity contribution in [1.82, 2.24) is 9.78 Å². The van der Waals surface area contributed by atoms with Crippen LogP contribution < -0.4 is 5.73 Å². The molecular formula is C9H14ClN3. The molecule has 2 rings (SSSR count). The third-order valence-corrected chi connectivity index (χ3v) is 2.83. The molecule has 72 valence electrons. The number of nitrogens with two attached hydrogens (primary N) is 1. The fourth-order valence-electron chi connectivity index (χ4n) is 1.96. The largest absolute Gasteiger partial charge is 0.328 e. The molecule has 3 nitrogen and oxygen atoms in total. The van der Waals surface area contributed by atoms with Crippen LogP contribution in [0.3, 0.4) is 0 Å². The minimum atomic E-state index is 0.335. The topological polar surface area (TPSA) is 43.8 Å². The van der Waals surface area contributed by atoms with Gasteiger partial charge in [-0.2, -0.15) is 5.10 Å². The Labute approximate surface area is 82.9 Å². The summed E-state index contributed by atoms with van der Waals surface area (Å²) in [7, 11) is 0. The fourth-order valence-corrected chi connectivity index (χ4v) is 2.10. The van der Waals surface area contributed by atoms with Crippen LogP contribution in [0.1, 0.15) is 31.7 Å². The summed E-state index contributed by atoms with van der Waals surface area (Å²) in [6.07, 6.45) is 8.10. The zero-order valence-corrected chi connectivity index (χ0v) is 8.24. The van der Waals surface area contributed by atoms with E-state index in [4.69, 9.17) is 17.3 Å². The predicted octanol–water partition coefficient (Wildman–Crippen LogP) is 1.98. The monoisotopic (exact) mass is 199 g/mol. The van der Waals surface area contributed by atoms with Gasteiger partial charge in [0.25, 0.3) is 0 Å². The van der Waals surface area contributed by atoms with E-state index in [9.17, 15) is 0 Å². The van der Waals surface area contributed by atoms with Crippen molar-refractivity contribution >= 4 is 11.6 Å². The molecule has 0 aromatic carbocycles. The third-order valence-electron chi connectivity index (χ3n) is 2.63. The average molecular weight is 200 g/mol. The molecular weight excluding hydrogens is 186 g/mol. The lowest BCUT2D eigenvalue weighted by molar-refractivity contribution is 0.300. The molecule has 0 amide bonds. The van der Waals surface area contributed by atoms with Gasteiger partial charge in [0, 0.05) is 12.2 Å². The van der Waals surface area contributed by atoms with Crippen molar-refractivity contribution in [1.29, 1.82) is 0 Å². The van der Waals surface area contributed by atoms with Crippen molar-refractivity contribution < 1.29 is 0 Å². The maximum absolute atomic E-state index is 5.90. The number of aromatic nitrogens is 2. The first-order chi connectivity index (χ1) is 6.25. The highest BCUT2D eigenvalue weighted by atomic mass is 35.5. The standard InChI is InChI=1S/C9H14ClN3/c10-7-5-12-13(6-7)9-3-1-2-8(11)4-9/h5-6,8-9H,1-4,11H2. The molecule has 0 spiro atoms. The number of hydrogen-bond acceptors (Lipinski definition) is 2. The van der Waals surface area contributed by atoms with E-state index in [0.717, 1.165) is 12.8 Å². The second-order valence-electron chi connectivity index (χ2n) is 3.72. The van der Waals surface area contributed by atoms with Gasteiger partial charge in [-0.05, 0) is 25.7 Å². The highest BCUT2D eigenvalue weighted by molar-refractivity contribution is 6.30. The highest BCUT2D eigenvalue weighted by Gasteiger charge is 2.20. The number of rotatable bonds is 1. The molecule has 2 unspecified atom stereocenters. The molecule has 1 saturated carbocycles. The summed E-state index contributed by atoms with van der Waals surface area (Å²) in [6.45, 7) is 0. The Kier molecular flexibility index (Phi) is 2.56. The summed E-state index contributed by atoms with van der Waals surface area (Å²) in [5, 5.41) is 4.91. The van der Waals surface area contributed by atoms with Gasteiger partial charge in [0.2, 0.25) is 0 Å². The molecule has 1 aliphatic carbocycles. The van der Waals surface area contributed by atoms with Crippen molar-refractivity contribution in [3.05, 3.63) is 17.4 Å². The lowest BCUT2D eigenvalue weighted by atomic mass is 9.92. The second kappa shape index (κ2) is 3.68. The Morgan fingerprint density at radius 1 is 1.54 bits per heavy atom. The molecule has 13 heavy (non-hydrogen) atoms. The molecule has 4 heteroatoms. The van der Waals surface area contributed by atoms with Gasteiger partial charge < -0.3 is 5.73 Å². The van der Waals surface area contributed by atoms with Crippen LogP contribution in [-0.4, -0.2) is 15.8 Å². The Hall–Kier alpha value is -0.540. The minimum absolute atomic E-state index is 0.335. The average Bonchev–Trinajstić information content (AvgIpc) is 2.52. The van der Waals surface area contributed by atoms with E-state index in [1.54, 1.807) is 6.20 Å². The van der Waals surface area contributed by atoms with Gasteiger partial charge in [-0.3, -0.25) is 4.68 Å². The van der Waals surface area contributed by atoms with Gasteiger partial charge in [-0.15, -0.1) is 0 Å². The third kappa shape index (κ3) is 2.03. The number of nitrogens with zero attached hydrogens (tertiary/aromatic N) is 2. The molecule has 1 aromatic rings. The van der Waals surface area contributed by atoms with Crippen LogP contribution in [0.5, 0.6) is 0 Å². The molecule has 0 bridgehead atoms. The predicted molar refractivity (Wildman–Crippen MR) is 52.7 cm³/mol. The first-order valence-electron chi connectivity index (χ1n) is 4.71. The van der Waals surface area contributed by atoms with Crippen LogP contribution in [0, 0.1) is 0 Å². The molecule has 1 heterocycles. The van der Waals surface area contributed by atoms with E-state index in [2.05, 4.69) is 5.10 Å². The summed E-state index contributed by atoms with van der Waals surface area (Å²) >= 11 is 5.80. The Bertz CT molecular complexity index is 284. The quantitative estimate of drug-likeness (QED) is 0.752. The van der Waals surface area contributed by atoms with Crippen molar-refractivity contribution in [3.8, 4) is 0 Å². The summed E-state index contributed by atoms with van der Waals surface area (Å²) in [5.41, 5.74) is 5.90. The van der Waals surface area contributed by atoms with Crippen LogP contribution in [0.25, 0.3) is 0 Å². The zero-order chi connectivity index (χ0) is 9.26. The summed E-state index contributed by atoms with van der Waals surface area (Å²) < 4.78 is 1.95. The van der Waals surface area contributed by atoms with E-state index < -0.39 is 0 Å². The Morgan fingerprint density at radius 3 is 3.00 bits per heavy atom. The van der Waals surface area contributed by atoms with Crippen molar-refractivity contribution in [2.24, 2.45) is 5.73 Å². The van der Waals surface area contributed by atoms with Crippen LogP contribution >= 0.6 is 11.6 Å². The Balaban J connectivity index is 2.08. The summed E-state index contributed by atoms with van der Waals surface area (Å²) in [5.74, 6) is 0. The molecule has 1 aliphatic rings. The van der Waals surface area contributed by atoms with Gasteiger partial charge >= 0.3 is 0 Å². The van der Waals surface area contributed by atoms with E-state index >= 15 is 0 Å². The van der Waals surface area contributed by atoms with Crippen molar-refractivity contribution in [2.75, 3.05) is 0 Å². The number of hydrogen-bond donors (Lipinski definition) is 1. The van der Waals surface area contributed by atoms with E-state index in [1.165, 1.54) is 12.8 Å². The normalized spacial score (nSPS) is 29.1. The molecule has 0 aliphatic heterocycles. The lowest BCUT2D eigenvalue weighted by Crippen LogP contribution is -2.29. The van der Waals surface area contributed by atoms with Gasteiger partial charge in [-0.25, -0.2) is 0 Å². The van der Waals surface area contributed by atoms with Crippen LogP contribution in [-0.2, 0) is 0 Å². The smallest absolute Gasteiger partial charge is 0.0785 e. The SMILES string of the molecule is NC1CCCC(n2cc(Cl)cn2)C1. The van der Waals surface area contributed by atoms with E-state index in [1.807, 2.05) is 10.9 Å². The highest BCUT2D eigenvalue weighted by Crippen LogP contribution is 2.27. The van der Waals surface area contributed by atoms with Crippen molar-refractivity contribution in [3.63, 3.8) is 0 Å². The molecule has 2 atom stereocenters. The minimum Gasteiger partial charge on any atom is -0.328 e. The molecule has 1 aromatic heterocycles. The first kappa shape index (κ1) is 9.03. The maximum Gasteiger partial charge on any atom is 0.0785 e. The maximum atomic E-state index is 5.90.